The van der Waals surface area contributed by atoms with E-state index in [0.717, 1.165) is 15.6 Å². The van der Waals surface area contributed by atoms with Crippen LogP contribution in [0.1, 0.15) is 18.5 Å². The van der Waals surface area contributed by atoms with E-state index in [4.69, 9.17) is 4.42 Å². The van der Waals surface area contributed by atoms with Crippen molar-refractivity contribution >= 4 is 33.6 Å². The van der Waals surface area contributed by atoms with E-state index < -0.39 is 0 Å². The maximum Gasteiger partial charge on any atom is 0.277 e. The fourth-order valence-corrected chi connectivity index (χ4v) is 2.96. The summed E-state index contributed by atoms with van der Waals surface area (Å²) in [5.41, 5.74) is 1.84. The van der Waals surface area contributed by atoms with Gasteiger partial charge >= 0.3 is 0 Å². The summed E-state index contributed by atoms with van der Waals surface area (Å²) < 4.78 is 6.56. The van der Waals surface area contributed by atoms with Gasteiger partial charge in [-0.15, -0.1) is 10.2 Å². The smallest absolute Gasteiger partial charge is 0.277 e. The number of hydrogen-bond donors (Lipinski definition) is 1. The van der Waals surface area contributed by atoms with Crippen molar-refractivity contribution in [2.24, 2.45) is 0 Å². The molecule has 1 aromatic carbocycles. The van der Waals surface area contributed by atoms with Crippen LogP contribution in [0.2, 0.25) is 0 Å². The highest BCUT2D eigenvalue weighted by atomic mass is 79.9. The summed E-state index contributed by atoms with van der Waals surface area (Å²) in [5, 5.41) is 11.2. The molecule has 0 fully saturated rings. The van der Waals surface area contributed by atoms with Crippen molar-refractivity contribution in [3.63, 3.8) is 0 Å². The highest BCUT2D eigenvalue weighted by Gasteiger charge is 2.13. The van der Waals surface area contributed by atoms with Crippen molar-refractivity contribution in [3.8, 4) is 11.5 Å². The molecule has 0 radical (unpaired) electrons. The van der Waals surface area contributed by atoms with Crippen molar-refractivity contribution in [1.29, 1.82) is 0 Å². The lowest BCUT2D eigenvalue weighted by Crippen LogP contribution is -2.28. The number of amides is 1. The Morgan fingerprint density at radius 1 is 1.20 bits per heavy atom. The van der Waals surface area contributed by atoms with Crippen LogP contribution in [0.3, 0.4) is 0 Å². The molecule has 25 heavy (non-hydrogen) atoms. The third-order valence-corrected chi connectivity index (χ3v) is 4.76. The van der Waals surface area contributed by atoms with Gasteiger partial charge in [0.1, 0.15) is 0 Å². The predicted octanol–water partition coefficient (Wildman–Crippen LogP) is 3.86. The van der Waals surface area contributed by atoms with E-state index in [1.165, 1.54) is 11.8 Å². The number of halogens is 1. The zero-order chi connectivity index (χ0) is 17.6. The van der Waals surface area contributed by atoms with Crippen LogP contribution in [0.5, 0.6) is 0 Å². The highest BCUT2D eigenvalue weighted by molar-refractivity contribution is 9.10. The largest absolute Gasteiger partial charge is 0.411 e. The minimum Gasteiger partial charge on any atom is -0.411 e. The van der Waals surface area contributed by atoms with Gasteiger partial charge in [0, 0.05) is 22.4 Å². The molecule has 128 valence electrons. The number of thioether (sulfide) groups is 1. The Balaban J connectivity index is 1.52. The lowest BCUT2D eigenvalue weighted by molar-refractivity contribution is -0.119. The molecule has 6 nitrogen and oxygen atoms in total. The zero-order valence-corrected chi connectivity index (χ0v) is 15.8. The molecule has 1 N–H and O–H groups in total. The molecule has 2 aromatic heterocycles. The summed E-state index contributed by atoms with van der Waals surface area (Å²) >= 11 is 4.61. The Kier molecular flexibility index (Phi) is 5.83. The molecule has 0 bridgehead atoms. The number of carbonyl (C=O) groups is 1. The molecule has 3 rings (SSSR count). The monoisotopic (exact) mass is 418 g/mol. The Morgan fingerprint density at radius 2 is 1.92 bits per heavy atom. The van der Waals surface area contributed by atoms with Crippen LogP contribution in [-0.2, 0) is 4.79 Å². The predicted molar refractivity (Wildman–Crippen MR) is 99.0 cm³/mol. The molecule has 0 aliphatic heterocycles. The van der Waals surface area contributed by atoms with Crippen LogP contribution in [0.15, 0.2) is 62.9 Å². The number of aromatic nitrogens is 3. The van der Waals surface area contributed by atoms with Crippen LogP contribution < -0.4 is 5.32 Å². The van der Waals surface area contributed by atoms with Gasteiger partial charge < -0.3 is 9.73 Å². The lowest BCUT2D eigenvalue weighted by atomic mass is 10.1. The van der Waals surface area contributed by atoms with E-state index in [9.17, 15) is 4.79 Å². The number of carbonyl (C=O) groups excluding carboxylic acids is 1. The van der Waals surface area contributed by atoms with Gasteiger partial charge in [-0.25, -0.2) is 0 Å². The van der Waals surface area contributed by atoms with E-state index in [1.54, 1.807) is 24.5 Å². The summed E-state index contributed by atoms with van der Waals surface area (Å²) in [4.78, 5) is 16.0. The molecule has 0 saturated heterocycles. The van der Waals surface area contributed by atoms with Gasteiger partial charge in [-0.3, -0.25) is 9.78 Å². The van der Waals surface area contributed by atoms with Crippen LogP contribution >= 0.6 is 27.7 Å². The minimum absolute atomic E-state index is 0.0729. The lowest BCUT2D eigenvalue weighted by Gasteiger charge is -2.13. The van der Waals surface area contributed by atoms with Crippen LogP contribution in [0.25, 0.3) is 11.5 Å². The fraction of sp³-hybridized carbons (Fsp3) is 0.176. The van der Waals surface area contributed by atoms with Gasteiger partial charge in [0.05, 0.1) is 11.8 Å². The first-order valence-corrected chi connectivity index (χ1v) is 9.31. The van der Waals surface area contributed by atoms with Gasteiger partial charge in [-0.2, -0.15) is 0 Å². The Bertz CT molecular complexity index is 839. The molecule has 1 atom stereocenters. The van der Waals surface area contributed by atoms with Gasteiger partial charge in [0.25, 0.3) is 5.22 Å². The highest BCUT2D eigenvalue weighted by Crippen LogP contribution is 2.23. The molecule has 0 aliphatic carbocycles. The first-order valence-electron chi connectivity index (χ1n) is 7.53. The maximum atomic E-state index is 12.1. The second-order valence-electron chi connectivity index (χ2n) is 5.24. The summed E-state index contributed by atoms with van der Waals surface area (Å²) in [6.45, 7) is 1.94. The van der Waals surface area contributed by atoms with Gasteiger partial charge in [-0.05, 0) is 36.8 Å². The third-order valence-electron chi connectivity index (χ3n) is 3.41. The number of benzene rings is 1. The quantitative estimate of drug-likeness (QED) is 0.611. The number of nitrogens with one attached hydrogen (secondary N) is 1. The van der Waals surface area contributed by atoms with Crippen molar-refractivity contribution in [2.75, 3.05) is 5.75 Å². The molecule has 8 heteroatoms. The second kappa shape index (κ2) is 8.26. The number of rotatable bonds is 6. The minimum atomic E-state index is -0.0934. The van der Waals surface area contributed by atoms with E-state index >= 15 is 0 Å². The standard InChI is InChI=1S/C17H15BrN4O2S/c1-11(12-2-4-14(18)5-3-12)20-15(23)10-25-17-22-21-16(24-17)13-6-8-19-9-7-13/h2-9,11H,10H2,1H3,(H,20,23). The van der Waals surface area contributed by atoms with E-state index in [1.807, 2.05) is 31.2 Å². The maximum absolute atomic E-state index is 12.1. The second-order valence-corrected chi connectivity index (χ2v) is 7.08. The summed E-state index contributed by atoms with van der Waals surface area (Å²) in [7, 11) is 0. The van der Waals surface area contributed by atoms with Crippen molar-refractivity contribution < 1.29 is 9.21 Å². The third kappa shape index (κ3) is 4.90. The molecule has 0 spiro atoms. The fourth-order valence-electron chi connectivity index (χ4n) is 2.12. The molecule has 0 aliphatic rings. The number of nitrogens with zero attached hydrogens (tertiary/aromatic N) is 3. The molecule has 1 amide bonds. The van der Waals surface area contributed by atoms with Crippen LogP contribution in [0.4, 0.5) is 0 Å². The van der Waals surface area contributed by atoms with Crippen molar-refractivity contribution in [1.82, 2.24) is 20.5 Å². The van der Waals surface area contributed by atoms with Crippen LogP contribution in [-0.4, -0.2) is 26.8 Å². The SMILES string of the molecule is CC(NC(=O)CSc1nnc(-c2ccncc2)o1)c1ccc(Br)cc1. The van der Waals surface area contributed by atoms with Gasteiger partial charge in [-0.1, -0.05) is 39.8 Å². The summed E-state index contributed by atoms with van der Waals surface area (Å²) in [5.74, 6) is 0.524. The molecule has 2 heterocycles. The van der Waals surface area contributed by atoms with Gasteiger partial charge in [0.15, 0.2) is 0 Å². The molecular weight excluding hydrogens is 404 g/mol. The van der Waals surface area contributed by atoms with E-state index in [0.29, 0.717) is 11.1 Å². The first-order chi connectivity index (χ1) is 12.1. The molecule has 3 aromatic rings. The Labute approximate surface area is 157 Å². The topological polar surface area (TPSA) is 80.9 Å². The Hall–Kier alpha value is -2.19. The van der Waals surface area contributed by atoms with E-state index in [2.05, 4.69) is 36.4 Å². The normalized spacial score (nSPS) is 11.9. The first kappa shape index (κ1) is 17.6. The molecular formula is C17H15BrN4O2S. The van der Waals surface area contributed by atoms with Gasteiger partial charge in [0.2, 0.25) is 11.8 Å². The number of pyridine rings is 1. The molecule has 1 unspecified atom stereocenters. The summed E-state index contributed by atoms with van der Waals surface area (Å²) in [6.07, 6.45) is 3.31. The van der Waals surface area contributed by atoms with Crippen LogP contribution in [0, 0.1) is 0 Å². The number of hydrogen-bond acceptors (Lipinski definition) is 6. The molecule has 0 saturated carbocycles. The zero-order valence-electron chi connectivity index (χ0n) is 13.3. The van der Waals surface area contributed by atoms with Crippen molar-refractivity contribution in [3.05, 3.63) is 58.8 Å². The average molecular weight is 419 g/mol. The average Bonchev–Trinajstić information content (AvgIpc) is 3.10. The Morgan fingerprint density at radius 3 is 2.64 bits per heavy atom. The summed E-state index contributed by atoms with van der Waals surface area (Å²) in [6, 6.07) is 11.3. The van der Waals surface area contributed by atoms with Crippen molar-refractivity contribution in [2.45, 2.75) is 18.2 Å². The van der Waals surface area contributed by atoms with E-state index in [-0.39, 0.29) is 17.7 Å².